The molecule has 4 aromatic heterocycles. The van der Waals surface area contributed by atoms with Gasteiger partial charge in [-0.05, 0) is 146 Å². The van der Waals surface area contributed by atoms with Crippen molar-refractivity contribution in [3.8, 4) is 11.1 Å². The summed E-state index contributed by atoms with van der Waals surface area (Å²) in [6.07, 6.45) is 6.71. The molecule has 0 bridgehead atoms. The van der Waals surface area contributed by atoms with Crippen LogP contribution in [0, 0.1) is 18.4 Å². The maximum Gasteiger partial charge on any atom is 0.407 e. The molecule has 4 aliphatic rings. The van der Waals surface area contributed by atoms with Gasteiger partial charge >= 0.3 is 6.09 Å². The molecule has 0 radical (unpaired) electrons. The lowest BCUT2D eigenvalue weighted by Crippen LogP contribution is -2.39. The van der Waals surface area contributed by atoms with Gasteiger partial charge in [-0.2, -0.15) is 0 Å². The number of halogens is 3. The Hall–Kier alpha value is -8.71. The first-order valence-corrected chi connectivity index (χ1v) is 33.2. The summed E-state index contributed by atoms with van der Waals surface area (Å²) in [5.74, 6) is 0.717. The topological polar surface area (TPSA) is 262 Å². The Bertz CT molecular complexity index is 4310. The van der Waals surface area contributed by atoms with E-state index in [4.69, 9.17) is 76.8 Å². The van der Waals surface area contributed by atoms with Gasteiger partial charge in [-0.15, -0.1) is 0 Å². The number of pyridine rings is 3. The van der Waals surface area contributed by atoms with Crippen molar-refractivity contribution in [1.29, 1.82) is 0 Å². The van der Waals surface area contributed by atoms with Crippen molar-refractivity contribution in [2.45, 2.75) is 102 Å². The number of amides is 2. The standard InChI is InChI=1S/C33H31ClN2O4.C22H22ClN7O2.C18H21ClN2O2/c1-20(35-33(38)40-19-27-25-10-4-2-8-23(25)24-9-3-5-11-26(24)27)29-18-22-7-6-12-28(34)31(22)32(36-29)30(37)17-21-13-15-39-16-14-21;1-12(28-21-19(25-2)20(24)26-11-27-21)16-10-13-4-3-5-15(23)17(13)18(30-16)22(31)29-14-6-8-32-9-7-14;1-11(20)15-10-13-3-2-4-14(19)17(13)18(21-15)16(22)9-12-5-7-23-8-6-12/h2-12,18,20-21,27H,13-17,19H2,1H3,(H,35,38);3-5,10-12,14H,6-9H2,1H3,(H,29,31)(H3,24,26,27,28);2-4,10-12H,5-9,20H2,1H3/t20-;12-;11-/m000/s1. The molecular formula is C73H74Cl3N11O8. The maximum atomic E-state index is 13.5. The fourth-order valence-corrected chi connectivity index (χ4v) is 13.4. The SMILES string of the molecule is C[C@H](N)c1cc2cccc(Cl)c2c(C(=O)CC2CCOCC2)n1.C[C@H](NC(=O)OCC1c2ccccc2-c2ccccc21)c1cc2cccc(Cl)c2c(C(=O)CC2CCOCC2)n1.[C-]#[N+]c1c(N)ncnc1N[C@@H](C)c1cc2cccc(Cl)c2c(C(=O)NC2CCOCC2)n1. The Morgan fingerprint density at radius 1 is 0.600 bits per heavy atom. The summed E-state index contributed by atoms with van der Waals surface area (Å²) < 4.78 is 21.9. The molecule has 7 N–H and O–H groups in total. The Morgan fingerprint density at radius 3 is 1.56 bits per heavy atom. The number of nitrogen functional groups attached to an aromatic ring is 1. The predicted molar refractivity (Wildman–Crippen MR) is 371 cm³/mol. The number of carbonyl (C=O) groups is 4. The molecule has 7 heterocycles. The van der Waals surface area contributed by atoms with Crippen molar-refractivity contribution in [1.82, 2.24) is 35.6 Å². The molecule has 0 spiro atoms. The number of nitrogens with two attached hydrogens (primary N) is 2. The number of aromatic nitrogens is 5. The first-order chi connectivity index (χ1) is 46.0. The largest absolute Gasteiger partial charge is 0.449 e. The molecule has 2 amide bonds. The number of benzene rings is 5. The van der Waals surface area contributed by atoms with Crippen LogP contribution in [0.15, 0.2) is 128 Å². The van der Waals surface area contributed by atoms with E-state index in [2.05, 4.69) is 65.0 Å². The summed E-state index contributed by atoms with van der Waals surface area (Å²) in [5.41, 5.74) is 19.5. The number of fused-ring (bicyclic) bond motifs is 6. The first-order valence-electron chi connectivity index (χ1n) is 32.0. The molecule has 5 aromatic carbocycles. The number of carbonyl (C=O) groups excluding carboxylic acids is 4. The van der Waals surface area contributed by atoms with Crippen LogP contribution in [0.2, 0.25) is 15.1 Å². The van der Waals surface area contributed by atoms with E-state index < -0.39 is 12.1 Å². The molecule has 490 valence electrons. The lowest BCUT2D eigenvalue weighted by molar-refractivity contribution is 0.0595. The average Bonchev–Trinajstić information content (AvgIpc) is 1.75. The van der Waals surface area contributed by atoms with Crippen molar-refractivity contribution in [2.75, 3.05) is 57.3 Å². The van der Waals surface area contributed by atoms with Crippen LogP contribution in [0.4, 0.5) is 22.1 Å². The number of anilines is 2. The molecule has 3 aliphatic heterocycles. The van der Waals surface area contributed by atoms with Gasteiger partial charge in [-0.1, -0.05) is 120 Å². The predicted octanol–water partition coefficient (Wildman–Crippen LogP) is 15.3. The minimum atomic E-state index is -0.530. The molecule has 0 unspecified atom stereocenters. The van der Waals surface area contributed by atoms with Crippen LogP contribution < -0.4 is 27.4 Å². The van der Waals surface area contributed by atoms with Gasteiger partial charge in [-0.3, -0.25) is 14.4 Å². The molecule has 22 heteroatoms. The quantitative estimate of drug-likeness (QED) is 0.0445. The summed E-state index contributed by atoms with van der Waals surface area (Å²) >= 11 is 19.3. The van der Waals surface area contributed by atoms with Gasteiger partial charge in [0.2, 0.25) is 0 Å². The number of ether oxygens (including phenoxy) is 4. The number of Topliss-reactive ketones (excluding diaryl/α,β-unsaturated/α-hetero) is 2. The molecule has 9 aromatic rings. The van der Waals surface area contributed by atoms with Crippen LogP contribution in [0.3, 0.4) is 0 Å². The van der Waals surface area contributed by atoms with E-state index in [1.165, 1.54) is 17.5 Å². The monoisotopic (exact) mass is 1340 g/mol. The fourth-order valence-electron chi connectivity index (χ4n) is 12.6. The smallest absolute Gasteiger partial charge is 0.407 e. The zero-order valence-corrected chi connectivity index (χ0v) is 55.3. The highest BCUT2D eigenvalue weighted by Gasteiger charge is 2.31. The second-order valence-electron chi connectivity index (χ2n) is 24.3. The number of nitrogens with one attached hydrogen (secondary N) is 3. The van der Waals surface area contributed by atoms with Gasteiger partial charge in [0.25, 0.3) is 11.6 Å². The third-order valence-electron chi connectivity index (χ3n) is 17.8. The Balaban J connectivity index is 0.000000151. The van der Waals surface area contributed by atoms with Gasteiger partial charge in [0.15, 0.2) is 11.6 Å². The van der Waals surface area contributed by atoms with Crippen molar-refractivity contribution in [3.63, 3.8) is 0 Å². The van der Waals surface area contributed by atoms with Crippen LogP contribution in [0.5, 0.6) is 0 Å². The Morgan fingerprint density at radius 2 is 1.05 bits per heavy atom. The summed E-state index contributed by atoms with van der Waals surface area (Å²) in [6, 6.07) is 37.7. The van der Waals surface area contributed by atoms with E-state index >= 15 is 0 Å². The molecule has 0 saturated carbocycles. The highest BCUT2D eigenvalue weighted by atomic mass is 35.5. The molecule has 95 heavy (non-hydrogen) atoms. The highest BCUT2D eigenvalue weighted by Crippen LogP contribution is 2.45. The summed E-state index contributed by atoms with van der Waals surface area (Å²) in [6.45, 7) is 17.2. The summed E-state index contributed by atoms with van der Waals surface area (Å²) in [7, 11) is 0. The molecule has 3 atom stereocenters. The average molecular weight is 1340 g/mol. The van der Waals surface area contributed by atoms with Gasteiger partial charge in [-0.25, -0.2) is 34.6 Å². The summed E-state index contributed by atoms with van der Waals surface area (Å²) in [4.78, 5) is 77.8. The van der Waals surface area contributed by atoms with Crippen molar-refractivity contribution in [2.24, 2.45) is 17.6 Å². The molecule has 13 rings (SSSR count). The molecule has 1 aliphatic carbocycles. The van der Waals surface area contributed by atoms with E-state index in [0.717, 1.165) is 90.1 Å². The van der Waals surface area contributed by atoms with E-state index in [1.807, 2.05) is 99.6 Å². The van der Waals surface area contributed by atoms with E-state index in [9.17, 15) is 19.2 Å². The number of rotatable bonds is 16. The third-order valence-corrected chi connectivity index (χ3v) is 18.7. The van der Waals surface area contributed by atoms with E-state index in [1.54, 1.807) is 18.2 Å². The van der Waals surface area contributed by atoms with Crippen molar-refractivity contribution < 1.29 is 38.1 Å². The van der Waals surface area contributed by atoms with Crippen LogP contribution in [0.25, 0.3) is 48.3 Å². The summed E-state index contributed by atoms with van der Waals surface area (Å²) in [5, 5.41) is 15.1. The number of alkyl carbamates (subject to hydrolysis) is 1. The lowest BCUT2D eigenvalue weighted by atomic mass is 9.92. The maximum absolute atomic E-state index is 13.5. The Labute approximate surface area is 566 Å². The van der Waals surface area contributed by atoms with Crippen LogP contribution in [0.1, 0.15) is 156 Å². The lowest BCUT2D eigenvalue weighted by Gasteiger charge is -2.23. The molecule has 19 nitrogen and oxygen atoms in total. The van der Waals surface area contributed by atoms with Crippen LogP contribution >= 0.6 is 34.8 Å². The number of hydrogen-bond donors (Lipinski definition) is 5. The zero-order valence-electron chi connectivity index (χ0n) is 53.0. The number of nitrogens with zero attached hydrogens (tertiary/aromatic N) is 6. The second kappa shape index (κ2) is 31.2. The van der Waals surface area contributed by atoms with Crippen molar-refractivity contribution >= 4 is 108 Å². The second-order valence-corrected chi connectivity index (χ2v) is 25.6. The minimum Gasteiger partial charge on any atom is -0.449 e. The zero-order chi connectivity index (χ0) is 66.7. The normalized spacial score (nSPS) is 16.0. The van der Waals surface area contributed by atoms with Gasteiger partial charge in [0.1, 0.15) is 41.7 Å². The molecule has 3 saturated heterocycles. The van der Waals surface area contributed by atoms with Gasteiger partial charge in [0.05, 0.1) is 50.8 Å². The third kappa shape index (κ3) is 16.0. The molecular weight excluding hydrogens is 1270 g/mol. The first kappa shape index (κ1) is 67.7. The highest BCUT2D eigenvalue weighted by molar-refractivity contribution is 6.38. The van der Waals surface area contributed by atoms with Gasteiger partial charge in [0, 0.05) is 86.6 Å². The van der Waals surface area contributed by atoms with Gasteiger partial charge < -0.3 is 46.4 Å². The molecule has 3 fully saturated rings. The number of hydrogen-bond acceptors (Lipinski definition) is 16. The Kier molecular flexibility index (Phi) is 22.3. The van der Waals surface area contributed by atoms with Crippen LogP contribution in [-0.2, 0) is 18.9 Å². The fraction of sp³-hybridized carbons (Fsp3) is 0.342. The van der Waals surface area contributed by atoms with E-state index in [-0.39, 0.29) is 71.2 Å². The van der Waals surface area contributed by atoms with Crippen LogP contribution in [-0.4, -0.2) is 101 Å². The number of ketones is 2. The minimum absolute atomic E-state index is 0.0243. The van der Waals surface area contributed by atoms with Crippen molar-refractivity contribution in [3.05, 3.63) is 199 Å². The van der Waals surface area contributed by atoms with E-state index in [0.29, 0.717) is 99.6 Å².